The Labute approximate surface area is 118 Å². The third-order valence-corrected chi connectivity index (χ3v) is 2.79. The molecule has 5 N–H and O–H groups in total. The van der Waals surface area contributed by atoms with Crippen LogP contribution < -0.4 is 17.0 Å². The first kappa shape index (κ1) is 15.7. The average Bonchev–Trinajstić information content (AvgIpc) is 2.30. The lowest BCUT2D eigenvalue weighted by Gasteiger charge is -2.23. The molecule has 0 saturated carbocycles. The number of nitrogen functional groups attached to an aromatic ring is 1. The van der Waals surface area contributed by atoms with Crippen LogP contribution in [0.1, 0.15) is 19.5 Å². The Kier molecular flexibility index (Phi) is 6.01. The Hall–Kier alpha value is -1.37. The highest BCUT2D eigenvalue weighted by Crippen LogP contribution is 2.18. The van der Waals surface area contributed by atoms with Crippen molar-refractivity contribution in [3.63, 3.8) is 0 Å². The summed E-state index contributed by atoms with van der Waals surface area (Å²) in [4.78, 5) is 17.3. The Bertz CT molecular complexity index is 438. The van der Waals surface area contributed by atoms with Gasteiger partial charge in [-0.3, -0.25) is 9.69 Å². The molecule has 6 nitrogen and oxygen atoms in total. The van der Waals surface area contributed by atoms with Crippen LogP contribution in [0.2, 0.25) is 5.02 Å². The minimum Gasteiger partial charge on any atom is -0.369 e. The number of primary amides is 1. The van der Waals surface area contributed by atoms with Gasteiger partial charge in [0, 0.05) is 13.1 Å². The molecule has 0 aliphatic heterocycles. The van der Waals surface area contributed by atoms with Gasteiger partial charge in [0.1, 0.15) is 5.82 Å². The van der Waals surface area contributed by atoms with E-state index in [9.17, 15) is 4.79 Å². The second-order valence-electron chi connectivity index (χ2n) is 4.80. The highest BCUT2D eigenvalue weighted by molar-refractivity contribution is 6.31. The largest absolute Gasteiger partial charge is 0.369 e. The number of amides is 1. The van der Waals surface area contributed by atoms with E-state index in [-0.39, 0.29) is 12.5 Å². The molecule has 1 aromatic rings. The van der Waals surface area contributed by atoms with Crippen molar-refractivity contribution in [2.75, 3.05) is 18.5 Å². The summed E-state index contributed by atoms with van der Waals surface area (Å²) in [5.41, 5.74) is 8.39. The van der Waals surface area contributed by atoms with Gasteiger partial charge in [-0.2, -0.15) is 0 Å². The van der Waals surface area contributed by atoms with Gasteiger partial charge in [0.05, 0.1) is 17.3 Å². The molecular weight excluding hydrogens is 266 g/mol. The van der Waals surface area contributed by atoms with Gasteiger partial charge in [0.15, 0.2) is 0 Å². The molecule has 0 spiro atoms. The van der Waals surface area contributed by atoms with Gasteiger partial charge in [-0.05, 0) is 18.1 Å². The molecule has 1 amide bonds. The molecule has 1 heterocycles. The van der Waals surface area contributed by atoms with Gasteiger partial charge in [-0.1, -0.05) is 25.4 Å². The highest BCUT2D eigenvalue weighted by atomic mass is 35.5. The number of hydrogen-bond donors (Lipinski definition) is 3. The molecule has 19 heavy (non-hydrogen) atoms. The molecule has 0 atom stereocenters. The number of aromatic nitrogens is 1. The summed E-state index contributed by atoms with van der Waals surface area (Å²) in [6.45, 7) is 5.51. The predicted octanol–water partition coefficient (Wildman–Crippen LogP) is 0.964. The molecule has 0 unspecified atom stereocenters. The summed E-state index contributed by atoms with van der Waals surface area (Å²) in [7, 11) is 0. The fourth-order valence-corrected chi connectivity index (χ4v) is 1.97. The van der Waals surface area contributed by atoms with Crippen LogP contribution in [-0.4, -0.2) is 28.9 Å². The maximum atomic E-state index is 11.1. The van der Waals surface area contributed by atoms with E-state index in [1.54, 1.807) is 12.1 Å². The summed E-state index contributed by atoms with van der Waals surface area (Å²) in [6, 6.07) is 3.41. The molecule has 1 aromatic heterocycles. The molecule has 0 aromatic carbocycles. The standard InChI is InChI=1S/C12H20ClN5O/c1-8(2)5-18(7-11(14)19)6-10-9(13)3-4-12(16-10)17-15/h3-4,8H,5-7,15H2,1-2H3,(H2,14,19)(H,16,17). The first-order valence-electron chi connectivity index (χ1n) is 6.05. The lowest BCUT2D eigenvalue weighted by molar-refractivity contribution is -0.119. The number of carbonyl (C=O) groups excluding carboxylic acids is 1. The van der Waals surface area contributed by atoms with Gasteiger partial charge in [-0.15, -0.1) is 0 Å². The van der Waals surface area contributed by atoms with Gasteiger partial charge in [0.2, 0.25) is 5.91 Å². The van der Waals surface area contributed by atoms with Gasteiger partial charge >= 0.3 is 0 Å². The number of nitrogens with zero attached hydrogens (tertiary/aromatic N) is 2. The third-order valence-electron chi connectivity index (χ3n) is 2.44. The summed E-state index contributed by atoms with van der Waals surface area (Å²) < 4.78 is 0. The Morgan fingerprint density at radius 2 is 2.21 bits per heavy atom. The summed E-state index contributed by atoms with van der Waals surface area (Å²) in [6.07, 6.45) is 0. The number of pyridine rings is 1. The molecule has 106 valence electrons. The van der Waals surface area contributed by atoms with Crippen molar-refractivity contribution in [2.45, 2.75) is 20.4 Å². The monoisotopic (exact) mass is 285 g/mol. The maximum Gasteiger partial charge on any atom is 0.231 e. The van der Waals surface area contributed by atoms with E-state index in [1.807, 2.05) is 4.90 Å². The second kappa shape index (κ2) is 7.28. The SMILES string of the molecule is CC(C)CN(CC(N)=O)Cc1nc(NN)ccc1Cl. The van der Waals surface area contributed by atoms with E-state index in [1.165, 1.54) is 0 Å². The Balaban J connectivity index is 2.85. The summed E-state index contributed by atoms with van der Waals surface area (Å²) in [5.74, 6) is 5.89. The minimum atomic E-state index is -0.370. The number of hydrogen-bond acceptors (Lipinski definition) is 5. The van der Waals surface area contributed by atoms with Crippen molar-refractivity contribution in [1.29, 1.82) is 0 Å². The van der Waals surface area contributed by atoms with Gasteiger partial charge in [0.25, 0.3) is 0 Å². The molecule has 0 fully saturated rings. The van der Waals surface area contributed by atoms with Gasteiger partial charge in [-0.25, -0.2) is 10.8 Å². The Morgan fingerprint density at radius 1 is 1.53 bits per heavy atom. The quantitative estimate of drug-likeness (QED) is 0.512. The lowest BCUT2D eigenvalue weighted by atomic mass is 10.2. The Morgan fingerprint density at radius 3 is 2.74 bits per heavy atom. The number of carbonyl (C=O) groups is 1. The van der Waals surface area contributed by atoms with E-state index in [4.69, 9.17) is 23.2 Å². The van der Waals surface area contributed by atoms with E-state index >= 15 is 0 Å². The molecule has 0 radical (unpaired) electrons. The van der Waals surface area contributed by atoms with Crippen molar-refractivity contribution in [2.24, 2.45) is 17.5 Å². The molecule has 0 bridgehead atoms. The number of halogens is 1. The number of nitrogens with two attached hydrogens (primary N) is 2. The topological polar surface area (TPSA) is 97.3 Å². The van der Waals surface area contributed by atoms with E-state index in [0.29, 0.717) is 29.0 Å². The molecule has 0 aliphatic carbocycles. The maximum absolute atomic E-state index is 11.1. The fourth-order valence-electron chi connectivity index (χ4n) is 1.81. The smallest absolute Gasteiger partial charge is 0.231 e. The second-order valence-corrected chi connectivity index (χ2v) is 5.21. The van der Waals surface area contributed by atoms with Crippen LogP contribution in [0.25, 0.3) is 0 Å². The fraction of sp³-hybridized carbons (Fsp3) is 0.500. The number of hydrazine groups is 1. The van der Waals surface area contributed by atoms with Crippen LogP contribution in [0.4, 0.5) is 5.82 Å². The van der Waals surface area contributed by atoms with E-state index < -0.39 is 0 Å². The first-order chi connectivity index (χ1) is 8.92. The van der Waals surface area contributed by atoms with E-state index in [0.717, 1.165) is 6.54 Å². The van der Waals surface area contributed by atoms with Crippen LogP contribution in [-0.2, 0) is 11.3 Å². The van der Waals surface area contributed by atoms with Crippen molar-refractivity contribution in [3.8, 4) is 0 Å². The molecular formula is C12H20ClN5O. The normalized spacial score (nSPS) is 11.1. The number of anilines is 1. The molecule has 7 heteroatoms. The van der Waals surface area contributed by atoms with Crippen LogP contribution in [0, 0.1) is 5.92 Å². The number of rotatable bonds is 7. The predicted molar refractivity (Wildman–Crippen MR) is 76.4 cm³/mol. The van der Waals surface area contributed by atoms with Crippen LogP contribution in [0.15, 0.2) is 12.1 Å². The van der Waals surface area contributed by atoms with Crippen molar-refractivity contribution in [1.82, 2.24) is 9.88 Å². The van der Waals surface area contributed by atoms with Crippen molar-refractivity contribution in [3.05, 3.63) is 22.8 Å². The summed E-state index contributed by atoms with van der Waals surface area (Å²) in [5, 5.41) is 0.539. The lowest BCUT2D eigenvalue weighted by Crippen LogP contribution is -2.36. The zero-order chi connectivity index (χ0) is 14.4. The van der Waals surface area contributed by atoms with Crippen LogP contribution in [0.3, 0.4) is 0 Å². The number of nitrogens with one attached hydrogen (secondary N) is 1. The van der Waals surface area contributed by atoms with Crippen molar-refractivity contribution < 1.29 is 4.79 Å². The molecule has 1 rings (SSSR count). The highest BCUT2D eigenvalue weighted by Gasteiger charge is 2.14. The van der Waals surface area contributed by atoms with Gasteiger partial charge < -0.3 is 11.2 Å². The molecule has 0 saturated heterocycles. The third kappa shape index (κ3) is 5.42. The average molecular weight is 286 g/mol. The minimum absolute atomic E-state index is 0.177. The van der Waals surface area contributed by atoms with E-state index in [2.05, 4.69) is 24.3 Å². The molecule has 0 aliphatic rings. The zero-order valence-electron chi connectivity index (χ0n) is 11.2. The first-order valence-corrected chi connectivity index (χ1v) is 6.43. The summed E-state index contributed by atoms with van der Waals surface area (Å²) >= 11 is 6.10. The van der Waals surface area contributed by atoms with Crippen molar-refractivity contribution >= 4 is 23.3 Å². The zero-order valence-corrected chi connectivity index (χ0v) is 11.9. The van der Waals surface area contributed by atoms with Crippen LogP contribution in [0.5, 0.6) is 0 Å². The van der Waals surface area contributed by atoms with Crippen LogP contribution >= 0.6 is 11.6 Å².